The average molecular weight is 214 g/mol. The third-order valence-electron chi connectivity index (χ3n) is 0.540. The molecular formula is C3H3F5O3S. The van der Waals surface area contributed by atoms with Crippen molar-refractivity contribution in [2.75, 3.05) is 0 Å². The summed E-state index contributed by atoms with van der Waals surface area (Å²) in [6, 6.07) is 0. The van der Waals surface area contributed by atoms with Gasteiger partial charge in [-0.25, -0.2) is 0 Å². The van der Waals surface area contributed by atoms with Gasteiger partial charge in [0.1, 0.15) is 0 Å². The summed E-state index contributed by atoms with van der Waals surface area (Å²) in [6.07, 6.45) is -4.37. The lowest BCUT2D eigenvalue weighted by Gasteiger charge is -2.12. The van der Waals surface area contributed by atoms with E-state index in [1.165, 1.54) is 0 Å². The van der Waals surface area contributed by atoms with Crippen LogP contribution in [0.15, 0.2) is 0 Å². The first-order valence-electron chi connectivity index (χ1n) is 2.35. The number of alkyl halides is 5. The van der Waals surface area contributed by atoms with Crippen LogP contribution in [0.5, 0.6) is 0 Å². The van der Waals surface area contributed by atoms with Gasteiger partial charge in [0, 0.05) is 6.92 Å². The minimum absolute atomic E-state index is 0.115. The first-order chi connectivity index (χ1) is 4.96. The summed E-state index contributed by atoms with van der Waals surface area (Å²) in [6.45, 7) is -0.115. The molecule has 0 amide bonds. The molecule has 0 bridgehead atoms. The van der Waals surface area contributed by atoms with Gasteiger partial charge in [-0.3, -0.25) is 0 Å². The molecule has 0 aliphatic heterocycles. The smallest absolute Gasteiger partial charge is 0.194 e. The van der Waals surface area contributed by atoms with Crippen LogP contribution in [0, 0.1) is 0 Å². The van der Waals surface area contributed by atoms with Crippen molar-refractivity contribution in [3.8, 4) is 0 Å². The van der Waals surface area contributed by atoms with E-state index in [9.17, 15) is 30.4 Å². The Kier molecular flexibility index (Phi) is 2.70. The van der Waals surface area contributed by atoms with Gasteiger partial charge < -0.3 is 0 Å². The molecule has 0 radical (unpaired) electrons. The maximum absolute atomic E-state index is 11.6. The predicted molar refractivity (Wildman–Crippen MR) is 26.7 cm³/mol. The average Bonchev–Trinajstić information content (AvgIpc) is 1.52. The lowest BCUT2D eigenvalue weighted by Crippen LogP contribution is -2.31. The molecule has 0 atom stereocenters. The van der Waals surface area contributed by atoms with Gasteiger partial charge in [0.05, 0.1) is 0 Å². The molecule has 0 unspecified atom stereocenters. The minimum Gasteiger partial charge on any atom is -0.194 e. The van der Waals surface area contributed by atoms with E-state index in [1.54, 1.807) is 0 Å². The molecule has 0 saturated heterocycles. The molecule has 0 rings (SSSR count). The van der Waals surface area contributed by atoms with Crippen molar-refractivity contribution in [3.05, 3.63) is 0 Å². The van der Waals surface area contributed by atoms with E-state index in [0.717, 1.165) is 0 Å². The molecule has 0 fully saturated rings. The summed E-state index contributed by atoms with van der Waals surface area (Å²) in [7, 11) is -6.21. The molecule has 0 spiro atoms. The fraction of sp³-hybridized carbons (Fsp3) is 1.00. The monoisotopic (exact) mass is 214 g/mol. The van der Waals surface area contributed by atoms with Gasteiger partial charge in [0.15, 0.2) is 0 Å². The summed E-state index contributed by atoms with van der Waals surface area (Å²) in [5.41, 5.74) is -5.83. The van der Waals surface area contributed by atoms with E-state index in [-0.39, 0.29) is 6.92 Å². The molecule has 0 aromatic carbocycles. The van der Waals surface area contributed by atoms with Gasteiger partial charge in [-0.05, 0) is 0 Å². The Hall–Kier alpha value is -0.440. The molecule has 0 aliphatic carbocycles. The quantitative estimate of drug-likeness (QED) is 0.397. The van der Waals surface area contributed by atoms with Gasteiger partial charge >= 0.3 is 21.7 Å². The normalized spacial score (nSPS) is 14.8. The van der Waals surface area contributed by atoms with E-state index < -0.39 is 21.7 Å². The summed E-state index contributed by atoms with van der Waals surface area (Å²) >= 11 is 0. The van der Waals surface area contributed by atoms with Crippen LogP contribution in [0.1, 0.15) is 6.92 Å². The van der Waals surface area contributed by atoms with E-state index in [1.807, 2.05) is 0 Å². The highest BCUT2D eigenvalue weighted by Gasteiger charge is 2.51. The Morgan fingerprint density at radius 1 is 1.08 bits per heavy atom. The Bertz CT molecular complexity index is 246. The number of hydrogen-bond donors (Lipinski definition) is 0. The first-order valence-corrected chi connectivity index (χ1v) is 3.76. The molecule has 3 nitrogen and oxygen atoms in total. The van der Waals surface area contributed by atoms with Gasteiger partial charge in [-0.15, -0.1) is 0 Å². The van der Waals surface area contributed by atoms with Crippen molar-refractivity contribution in [2.45, 2.75) is 18.5 Å². The Morgan fingerprint density at radius 2 is 1.42 bits per heavy atom. The van der Waals surface area contributed by atoms with Gasteiger partial charge in [0.25, 0.3) is 0 Å². The Labute approximate surface area is 64.2 Å². The number of rotatable bonds is 2. The second kappa shape index (κ2) is 2.80. The van der Waals surface area contributed by atoms with Gasteiger partial charge in [-0.2, -0.15) is 34.6 Å². The maximum Gasteiger partial charge on any atom is 0.523 e. The maximum atomic E-state index is 11.6. The summed E-state index contributed by atoms with van der Waals surface area (Å²) in [5, 5.41) is 0. The first kappa shape index (κ1) is 11.6. The second-order valence-corrected chi connectivity index (χ2v) is 3.33. The van der Waals surface area contributed by atoms with Crippen molar-refractivity contribution >= 4 is 10.1 Å². The topological polar surface area (TPSA) is 43.4 Å². The SMILES string of the molecule is CC(F)(F)OS(=O)(=O)C(F)(F)F. The van der Waals surface area contributed by atoms with Crippen molar-refractivity contribution in [2.24, 2.45) is 0 Å². The van der Waals surface area contributed by atoms with Crippen molar-refractivity contribution in [1.82, 2.24) is 0 Å². The van der Waals surface area contributed by atoms with Crippen molar-refractivity contribution in [3.63, 3.8) is 0 Å². The van der Waals surface area contributed by atoms with Crippen LogP contribution in [-0.2, 0) is 14.3 Å². The van der Waals surface area contributed by atoms with Gasteiger partial charge in [-0.1, -0.05) is 0 Å². The molecule has 0 aromatic heterocycles. The standard InChI is InChI=1S/C3H3F5O3S/c1-2(4,5)11-12(9,10)3(6,7)8/h1H3. The predicted octanol–water partition coefficient (Wildman–Crippen LogP) is 1.47. The molecule has 12 heavy (non-hydrogen) atoms. The van der Waals surface area contributed by atoms with Crippen LogP contribution in [0.4, 0.5) is 22.0 Å². The van der Waals surface area contributed by atoms with E-state index in [2.05, 4.69) is 4.18 Å². The minimum atomic E-state index is -6.21. The van der Waals surface area contributed by atoms with Crippen LogP contribution in [0.3, 0.4) is 0 Å². The third kappa shape index (κ3) is 3.30. The molecule has 74 valence electrons. The highest BCUT2D eigenvalue weighted by Crippen LogP contribution is 2.29. The fourth-order valence-corrected chi connectivity index (χ4v) is 0.720. The van der Waals surface area contributed by atoms with Crippen LogP contribution >= 0.6 is 0 Å². The van der Waals surface area contributed by atoms with E-state index in [0.29, 0.717) is 0 Å². The zero-order chi connectivity index (χ0) is 10.2. The zero-order valence-electron chi connectivity index (χ0n) is 5.52. The van der Waals surface area contributed by atoms with Crippen molar-refractivity contribution in [1.29, 1.82) is 0 Å². The van der Waals surface area contributed by atoms with E-state index in [4.69, 9.17) is 0 Å². The van der Waals surface area contributed by atoms with Crippen molar-refractivity contribution < 1.29 is 34.6 Å². The van der Waals surface area contributed by atoms with Crippen LogP contribution in [0.25, 0.3) is 0 Å². The fourth-order valence-electron chi connectivity index (χ4n) is 0.240. The largest absolute Gasteiger partial charge is 0.523 e. The molecule has 0 N–H and O–H groups in total. The molecule has 9 heteroatoms. The number of hydrogen-bond acceptors (Lipinski definition) is 3. The Morgan fingerprint density at radius 3 is 1.50 bits per heavy atom. The summed E-state index contributed by atoms with van der Waals surface area (Å²) in [4.78, 5) is 0. The van der Waals surface area contributed by atoms with Crippen LogP contribution < -0.4 is 0 Å². The van der Waals surface area contributed by atoms with E-state index >= 15 is 0 Å². The summed E-state index contributed by atoms with van der Waals surface area (Å²) in [5.74, 6) is 0. The Balaban J connectivity index is 4.70. The van der Waals surface area contributed by atoms with Crippen LogP contribution in [-0.4, -0.2) is 20.0 Å². The molecule has 0 heterocycles. The highest BCUT2D eigenvalue weighted by atomic mass is 32.2. The third-order valence-corrected chi connectivity index (χ3v) is 1.62. The lowest BCUT2D eigenvalue weighted by atomic mass is 10.8. The lowest BCUT2D eigenvalue weighted by molar-refractivity contribution is -0.168. The second-order valence-electron chi connectivity index (χ2n) is 1.79. The molecule has 0 saturated carbocycles. The molecule has 0 aliphatic rings. The molecule has 0 aromatic rings. The zero-order valence-corrected chi connectivity index (χ0v) is 6.34. The van der Waals surface area contributed by atoms with Gasteiger partial charge in [0.2, 0.25) is 0 Å². The highest BCUT2D eigenvalue weighted by molar-refractivity contribution is 7.87. The van der Waals surface area contributed by atoms with Crippen LogP contribution in [0.2, 0.25) is 0 Å². The molecular weight excluding hydrogens is 211 g/mol. The summed E-state index contributed by atoms with van der Waals surface area (Å²) < 4.78 is 79.4. The number of halogens is 5.